The molecule has 0 heterocycles. The van der Waals surface area contributed by atoms with Gasteiger partial charge in [-0.15, -0.1) is 0 Å². The van der Waals surface area contributed by atoms with Gasteiger partial charge < -0.3 is 16.2 Å². The van der Waals surface area contributed by atoms with Crippen molar-refractivity contribution in [3.63, 3.8) is 0 Å². The predicted octanol–water partition coefficient (Wildman–Crippen LogP) is 1.47. The molecule has 1 rings (SSSR count). The Labute approximate surface area is 104 Å². The van der Waals surface area contributed by atoms with Crippen molar-refractivity contribution < 1.29 is 5.11 Å². The van der Waals surface area contributed by atoms with Crippen LogP contribution in [-0.2, 0) is 6.42 Å². The summed E-state index contributed by atoms with van der Waals surface area (Å²) in [5.41, 5.74) is 7.66. The van der Waals surface area contributed by atoms with Gasteiger partial charge in [-0.2, -0.15) is 0 Å². The third-order valence-electron chi connectivity index (χ3n) is 2.67. The molecule has 1 aromatic carbocycles. The van der Waals surface area contributed by atoms with Crippen LogP contribution in [0.4, 0.5) is 0 Å². The smallest absolute Gasteiger partial charge is 0.0914 e. The Hall–Kier alpha value is -0.900. The summed E-state index contributed by atoms with van der Waals surface area (Å²) in [7, 11) is 0. The van der Waals surface area contributed by atoms with Crippen LogP contribution in [-0.4, -0.2) is 24.7 Å². The molecule has 1 aromatic rings. The summed E-state index contributed by atoms with van der Waals surface area (Å²) < 4.78 is 0. The van der Waals surface area contributed by atoms with Gasteiger partial charge in [0.1, 0.15) is 0 Å². The molecule has 0 aliphatic heterocycles. The van der Waals surface area contributed by atoms with E-state index in [2.05, 4.69) is 31.3 Å². The molecule has 3 nitrogen and oxygen atoms in total. The molecule has 3 heteroatoms. The van der Waals surface area contributed by atoms with Crippen molar-refractivity contribution >= 4 is 0 Å². The minimum Gasteiger partial charge on any atom is -0.387 e. The number of hydrogen-bond donors (Lipinski definition) is 3. The first-order chi connectivity index (χ1) is 8.13. The highest BCUT2D eigenvalue weighted by atomic mass is 16.3. The van der Waals surface area contributed by atoms with Gasteiger partial charge in [-0.05, 0) is 23.5 Å². The maximum atomic E-state index is 9.92. The first-order valence-electron chi connectivity index (χ1n) is 6.31. The normalized spacial score (nSPS) is 13.0. The summed E-state index contributed by atoms with van der Waals surface area (Å²) in [6.07, 6.45) is 0.636. The van der Waals surface area contributed by atoms with Gasteiger partial charge in [-0.25, -0.2) is 0 Å². The molecule has 0 amide bonds. The minimum atomic E-state index is -0.449. The third kappa shape index (κ3) is 5.31. The highest BCUT2D eigenvalue weighted by molar-refractivity contribution is 5.24. The zero-order chi connectivity index (χ0) is 12.7. The lowest BCUT2D eigenvalue weighted by atomic mass is 10.0. The van der Waals surface area contributed by atoms with Gasteiger partial charge in [0.2, 0.25) is 0 Å². The lowest BCUT2D eigenvalue weighted by molar-refractivity contribution is 0.175. The summed E-state index contributed by atoms with van der Waals surface area (Å²) in [6, 6.07) is 8.21. The lowest BCUT2D eigenvalue weighted by Gasteiger charge is -2.13. The van der Waals surface area contributed by atoms with E-state index in [0.717, 1.165) is 18.5 Å². The fraction of sp³-hybridized carbons (Fsp3) is 0.571. The molecule has 0 aromatic heterocycles. The predicted molar refractivity (Wildman–Crippen MR) is 71.9 cm³/mol. The van der Waals surface area contributed by atoms with Gasteiger partial charge in [-0.1, -0.05) is 38.1 Å². The van der Waals surface area contributed by atoms with E-state index in [0.29, 0.717) is 19.0 Å². The Bertz CT molecular complexity index is 309. The van der Waals surface area contributed by atoms with Crippen LogP contribution in [0.3, 0.4) is 0 Å². The average molecular weight is 236 g/mol. The van der Waals surface area contributed by atoms with Crippen molar-refractivity contribution in [2.75, 3.05) is 19.6 Å². The highest BCUT2D eigenvalue weighted by Crippen LogP contribution is 2.15. The van der Waals surface area contributed by atoms with Crippen molar-refractivity contribution in [2.24, 2.45) is 11.7 Å². The van der Waals surface area contributed by atoms with Crippen molar-refractivity contribution in [3.8, 4) is 0 Å². The molecular formula is C14H24N2O. The van der Waals surface area contributed by atoms with Gasteiger partial charge in [0.15, 0.2) is 0 Å². The topological polar surface area (TPSA) is 58.3 Å². The Morgan fingerprint density at radius 1 is 1.24 bits per heavy atom. The molecule has 1 unspecified atom stereocenters. The van der Waals surface area contributed by atoms with Crippen molar-refractivity contribution in [3.05, 3.63) is 35.4 Å². The van der Waals surface area contributed by atoms with E-state index in [1.54, 1.807) is 0 Å². The zero-order valence-electron chi connectivity index (χ0n) is 10.8. The van der Waals surface area contributed by atoms with Crippen molar-refractivity contribution in [1.82, 2.24) is 5.32 Å². The molecule has 0 aliphatic rings. The van der Waals surface area contributed by atoms with Gasteiger partial charge >= 0.3 is 0 Å². The Morgan fingerprint density at radius 3 is 2.41 bits per heavy atom. The van der Waals surface area contributed by atoms with Crippen LogP contribution in [0.1, 0.15) is 31.1 Å². The van der Waals surface area contributed by atoms with E-state index in [4.69, 9.17) is 5.73 Å². The number of aliphatic hydroxyl groups excluding tert-OH is 1. The zero-order valence-corrected chi connectivity index (χ0v) is 10.8. The number of aliphatic hydroxyl groups is 1. The number of hydrogen-bond acceptors (Lipinski definition) is 3. The summed E-state index contributed by atoms with van der Waals surface area (Å²) in [4.78, 5) is 0. The number of rotatable bonds is 7. The maximum Gasteiger partial charge on any atom is 0.0914 e. The molecule has 17 heavy (non-hydrogen) atoms. The molecule has 0 saturated heterocycles. The quantitative estimate of drug-likeness (QED) is 0.628. The number of benzene rings is 1. The molecular weight excluding hydrogens is 212 g/mol. The van der Waals surface area contributed by atoms with Gasteiger partial charge in [0.25, 0.3) is 0 Å². The summed E-state index contributed by atoms with van der Waals surface area (Å²) in [6.45, 7) is 6.31. The van der Waals surface area contributed by atoms with Crippen LogP contribution in [0.2, 0.25) is 0 Å². The molecule has 96 valence electrons. The summed E-state index contributed by atoms with van der Waals surface area (Å²) >= 11 is 0. The van der Waals surface area contributed by atoms with E-state index < -0.39 is 6.10 Å². The molecule has 0 spiro atoms. The first-order valence-corrected chi connectivity index (χ1v) is 6.31. The molecule has 4 N–H and O–H groups in total. The van der Waals surface area contributed by atoms with E-state index in [9.17, 15) is 5.11 Å². The maximum absolute atomic E-state index is 9.92. The fourth-order valence-electron chi connectivity index (χ4n) is 1.81. The monoisotopic (exact) mass is 236 g/mol. The highest BCUT2D eigenvalue weighted by Gasteiger charge is 2.06. The Morgan fingerprint density at radius 2 is 1.88 bits per heavy atom. The Kier molecular flexibility index (Phi) is 6.19. The van der Waals surface area contributed by atoms with Crippen molar-refractivity contribution in [2.45, 2.75) is 26.4 Å². The van der Waals surface area contributed by atoms with Gasteiger partial charge in [0.05, 0.1) is 6.10 Å². The summed E-state index contributed by atoms with van der Waals surface area (Å²) in [5, 5.41) is 13.0. The van der Waals surface area contributed by atoms with Gasteiger partial charge in [-0.3, -0.25) is 0 Å². The van der Waals surface area contributed by atoms with E-state index in [1.165, 1.54) is 5.56 Å². The van der Waals surface area contributed by atoms with Crippen LogP contribution in [0.15, 0.2) is 24.3 Å². The second kappa shape index (κ2) is 7.43. The number of nitrogens with two attached hydrogens (primary N) is 1. The van der Waals surface area contributed by atoms with Crippen LogP contribution >= 0.6 is 0 Å². The van der Waals surface area contributed by atoms with E-state index >= 15 is 0 Å². The SMILES string of the molecule is CC(C)Cc1ccc(C(O)CNCCN)cc1. The fourth-order valence-corrected chi connectivity index (χ4v) is 1.81. The largest absolute Gasteiger partial charge is 0.387 e. The standard InChI is InChI=1S/C14H24N2O/c1-11(2)9-12-3-5-13(6-4-12)14(17)10-16-8-7-15/h3-6,11,14,16-17H,7-10,15H2,1-2H3. The molecule has 0 aliphatic carbocycles. The second-order valence-electron chi connectivity index (χ2n) is 4.85. The second-order valence-corrected chi connectivity index (χ2v) is 4.85. The van der Waals surface area contributed by atoms with Crippen LogP contribution in [0, 0.1) is 5.92 Å². The third-order valence-corrected chi connectivity index (χ3v) is 2.67. The molecule has 0 bridgehead atoms. The minimum absolute atomic E-state index is 0.449. The molecule has 1 atom stereocenters. The van der Waals surface area contributed by atoms with Crippen molar-refractivity contribution in [1.29, 1.82) is 0 Å². The van der Waals surface area contributed by atoms with Crippen LogP contribution in [0.5, 0.6) is 0 Å². The summed E-state index contributed by atoms with van der Waals surface area (Å²) in [5.74, 6) is 0.664. The van der Waals surface area contributed by atoms with Gasteiger partial charge in [0, 0.05) is 19.6 Å². The lowest BCUT2D eigenvalue weighted by Crippen LogP contribution is -2.27. The van der Waals surface area contributed by atoms with E-state index in [1.807, 2.05) is 12.1 Å². The average Bonchev–Trinajstić information content (AvgIpc) is 2.29. The number of nitrogens with one attached hydrogen (secondary N) is 1. The van der Waals surface area contributed by atoms with Crippen LogP contribution in [0.25, 0.3) is 0 Å². The molecule has 0 saturated carbocycles. The molecule has 0 radical (unpaired) electrons. The van der Waals surface area contributed by atoms with Crippen LogP contribution < -0.4 is 11.1 Å². The van der Waals surface area contributed by atoms with E-state index in [-0.39, 0.29) is 0 Å². The Balaban J connectivity index is 2.48. The molecule has 0 fully saturated rings. The first kappa shape index (κ1) is 14.2.